The van der Waals surface area contributed by atoms with Crippen LogP contribution in [0.2, 0.25) is 0 Å². The van der Waals surface area contributed by atoms with Crippen LogP contribution >= 0.6 is 0 Å². The highest BCUT2D eigenvalue weighted by atomic mass is 32.2. The molecule has 0 radical (unpaired) electrons. The number of benzene rings is 3. The Bertz CT molecular complexity index is 3750. The van der Waals surface area contributed by atoms with Crippen LogP contribution in [-0.4, -0.2) is 251 Å². The molecule has 2 saturated carbocycles. The van der Waals surface area contributed by atoms with Crippen molar-refractivity contribution in [1.29, 1.82) is 0 Å². The second kappa shape index (κ2) is 33.3. The Morgan fingerprint density at radius 1 is 0.701 bits per heavy atom. The maximum Gasteiger partial charge on any atom is 0.332 e. The topological polar surface area (TPSA) is 558 Å². The van der Waals surface area contributed by atoms with Gasteiger partial charge in [-0.3, -0.25) is 32.8 Å². The average molecular weight is 1430 g/mol. The molecule has 15 atom stereocenters. The molecule has 1 aromatic heterocycles. The maximum absolute atomic E-state index is 14.4. The van der Waals surface area contributed by atoms with E-state index < -0.39 is 220 Å². The van der Waals surface area contributed by atoms with Gasteiger partial charge in [0, 0.05) is 30.5 Å². The predicted octanol–water partition coefficient (Wildman–Crippen LogP) is -1.74. The van der Waals surface area contributed by atoms with Crippen LogP contribution in [0.4, 0.5) is 5.69 Å². The molecule has 39 heteroatoms. The lowest BCUT2D eigenvalue weighted by molar-refractivity contribution is -0.353. The zero-order valence-corrected chi connectivity index (χ0v) is 54.1. The smallest absolute Gasteiger partial charge is 0.332 e. The lowest BCUT2D eigenvalue weighted by Crippen LogP contribution is -2.65. The zero-order chi connectivity index (χ0) is 70.7. The number of aliphatic hydroxyl groups is 5. The van der Waals surface area contributed by atoms with E-state index in [0.717, 1.165) is 38.2 Å². The number of carbonyl (C=O) groups excluding carboxylic acids is 4. The highest BCUT2D eigenvalue weighted by Gasteiger charge is 2.54. The number of aliphatic carboxylic acids is 1. The zero-order valence-electron chi connectivity index (χ0n) is 51.6. The van der Waals surface area contributed by atoms with E-state index in [1.165, 1.54) is 6.92 Å². The van der Waals surface area contributed by atoms with Crippen molar-refractivity contribution in [3.05, 3.63) is 71.9 Å². The van der Waals surface area contributed by atoms with Crippen LogP contribution in [0.1, 0.15) is 74.3 Å². The number of rotatable bonds is 30. The van der Waals surface area contributed by atoms with Crippen LogP contribution in [0, 0.1) is 11.8 Å². The number of hydrogen-bond donors (Lipinski definition) is 15. The molecule has 15 N–H and O–H groups in total. The number of anilines is 1. The van der Waals surface area contributed by atoms with Gasteiger partial charge >= 0.3 is 12.0 Å². The van der Waals surface area contributed by atoms with Gasteiger partial charge in [-0.15, -0.1) is 0 Å². The first kappa shape index (κ1) is 75.9. The summed E-state index contributed by atoms with van der Waals surface area (Å²) in [6, 6.07) is 9.08. The molecule has 536 valence electrons. The number of aliphatic hydroxyl groups excluding tert-OH is 5. The Kier molecular flexibility index (Phi) is 26.1. The monoisotopic (exact) mass is 1430 g/mol. The van der Waals surface area contributed by atoms with Crippen molar-refractivity contribution in [1.82, 2.24) is 25.9 Å². The van der Waals surface area contributed by atoms with Crippen molar-refractivity contribution in [3.8, 4) is 11.9 Å². The van der Waals surface area contributed by atoms with E-state index in [1.807, 2.05) is 0 Å². The molecule has 2 saturated heterocycles. The number of nitrogens with zero attached hydrogens (tertiary/aromatic N) is 2. The van der Waals surface area contributed by atoms with Gasteiger partial charge in [0.2, 0.25) is 23.6 Å². The van der Waals surface area contributed by atoms with Crippen molar-refractivity contribution >= 4 is 76.4 Å². The first-order chi connectivity index (χ1) is 45.8. The molecule has 2 aliphatic heterocycles. The van der Waals surface area contributed by atoms with Crippen molar-refractivity contribution < 1.29 is 142 Å². The van der Waals surface area contributed by atoms with Gasteiger partial charge in [-0.2, -0.15) is 35.2 Å². The molecule has 4 amide bonds. The largest absolute Gasteiger partial charge is 0.493 e. The highest BCUT2D eigenvalue weighted by molar-refractivity contribution is 7.87. The van der Waals surface area contributed by atoms with Crippen LogP contribution in [0.3, 0.4) is 0 Å². The number of carbonyl (C=O) groups is 5. The normalized spacial score (nSPS) is 26.9. The van der Waals surface area contributed by atoms with Crippen LogP contribution in [0.5, 0.6) is 11.9 Å². The number of aromatic hydroxyl groups is 2. The van der Waals surface area contributed by atoms with E-state index in [4.69, 9.17) is 37.9 Å². The Hall–Kier alpha value is -6.84. The van der Waals surface area contributed by atoms with Crippen molar-refractivity contribution in [2.75, 3.05) is 51.4 Å². The summed E-state index contributed by atoms with van der Waals surface area (Å²) < 4.78 is 150. The second-order valence-electron chi connectivity index (χ2n) is 23.5. The SMILES string of the molecule is CC1OC(OC2C(NC(=O)c3cc(O)nc(O)n3)CC(C(=O)NCCNC(=O)COCCOCC(=O)Nc3cc(S(=O)(=O)O)cc4cc(S(=O)(=O)O)cc(S(=O)(=O)O)c34)CC2OC2OC(CO)C(O)C(O[C@@H](CC3CCCCC3)C(=O)O)C2OCc2ccccc2)C(O)C(O)C1O. The van der Waals surface area contributed by atoms with E-state index in [0.29, 0.717) is 29.8 Å². The van der Waals surface area contributed by atoms with E-state index >= 15 is 0 Å². The molecule has 3 aromatic carbocycles. The molecule has 36 nitrogen and oxygen atoms in total. The number of amides is 4. The molecular formula is C58H76N6O30S3. The summed E-state index contributed by atoms with van der Waals surface area (Å²) in [7, 11) is -15.6. The molecule has 4 fully saturated rings. The molecule has 4 aliphatic rings. The van der Waals surface area contributed by atoms with E-state index in [9.17, 15) is 104 Å². The Balaban J connectivity index is 0.966. The fourth-order valence-electron chi connectivity index (χ4n) is 11.7. The Labute approximate surface area is 554 Å². The molecule has 2 aliphatic carbocycles. The predicted molar refractivity (Wildman–Crippen MR) is 325 cm³/mol. The summed E-state index contributed by atoms with van der Waals surface area (Å²) in [5.41, 5.74) is -0.678. The minimum atomic E-state index is -5.35. The number of carboxylic acid groups (broad SMARTS) is 1. The standard InChI is InChI=1S/C58H76N6O30S3/c1-28-46(69)48(71)49(72)56(90-28)94-50-36(62-54(74)37-23-42(66)64-58(77)63-37)19-32(20-38(50)92-57-52(89-25-30-10-6-3-7-11-30)51(47(70)40(24-65)93-57)91-39(55(75)76)16-29-8-4-2-5-9-29)53(73)60-13-12-59-43(67)26-87-14-15-88-27-44(68)61-35-21-33(95(78,79)80)17-31-18-34(96(81,82)83)22-41(45(31)35)97(84,85)86/h3,6-7,10-11,17-18,21-23,28-29,32,36,38-40,46-52,56-57,65,69-72H,2,4-5,8-9,12-16,19-20,24-27H2,1H3,(H,59,67)(H,60,73)(H,61,68)(H,62,74)(H,75,76)(H,78,79,80)(H,81,82,83)(H,84,85,86)(H2,63,64,66,77)/t28?,32?,36?,38?,39-,40?,46?,47?,48?,49?,50?,51?,52?,56?,57?/m0/s1. The molecule has 4 aromatic rings. The van der Waals surface area contributed by atoms with Crippen LogP contribution in [-0.2, 0) is 94.0 Å². The first-order valence-electron chi connectivity index (χ1n) is 30.4. The van der Waals surface area contributed by atoms with Crippen LogP contribution < -0.4 is 21.3 Å². The summed E-state index contributed by atoms with van der Waals surface area (Å²) in [4.78, 5) is 71.2. The summed E-state index contributed by atoms with van der Waals surface area (Å²) in [6.07, 6.45) is -18.0. The Morgan fingerprint density at radius 3 is 1.98 bits per heavy atom. The van der Waals surface area contributed by atoms with Gasteiger partial charge in [0.15, 0.2) is 18.7 Å². The van der Waals surface area contributed by atoms with Crippen molar-refractivity contribution in [3.63, 3.8) is 0 Å². The molecule has 14 unspecified atom stereocenters. The van der Waals surface area contributed by atoms with Gasteiger partial charge in [-0.25, -0.2) is 4.79 Å². The fourth-order valence-corrected chi connectivity index (χ4v) is 13.7. The summed E-state index contributed by atoms with van der Waals surface area (Å²) >= 11 is 0. The van der Waals surface area contributed by atoms with Gasteiger partial charge in [0.1, 0.15) is 72.6 Å². The lowest BCUT2D eigenvalue weighted by atomic mass is 9.80. The number of fused-ring (bicyclic) bond motifs is 1. The fraction of sp³-hybridized carbons (Fsp3) is 0.569. The summed E-state index contributed by atoms with van der Waals surface area (Å²) in [6.45, 7) is -2.42. The number of hydrogen-bond acceptors (Lipinski definition) is 28. The maximum atomic E-state index is 14.4. The molecule has 0 spiro atoms. The third kappa shape index (κ3) is 20.4. The number of ether oxygens (including phenoxy) is 8. The Morgan fingerprint density at radius 2 is 1.35 bits per heavy atom. The van der Waals surface area contributed by atoms with Gasteiger partial charge in [-0.05, 0) is 67.3 Å². The molecular weight excluding hydrogens is 1360 g/mol. The van der Waals surface area contributed by atoms with Crippen molar-refractivity contribution in [2.24, 2.45) is 11.8 Å². The molecule has 0 bridgehead atoms. The van der Waals surface area contributed by atoms with E-state index in [1.54, 1.807) is 30.3 Å². The van der Waals surface area contributed by atoms with Crippen LogP contribution in [0.25, 0.3) is 10.8 Å². The summed E-state index contributed by atoms with van der Waals surface area (Å²) in [5.74, 6) is -7.11. The second-order valence-corrected chi connectivity index (χ2v) is 27.7. The molecule has 8 rings (SSSR count). The molecule has 97 heavy (non-hydrogen) atoms. The van der Waals surface area contributed by atoms with Gasteiger partial charge in [0.05, 0.1) is 60.2 Å². The molecule has 3 heterocycles. The third-order valence-electron chi connectivity index (χ3n) is 16.5. The number of aromatic nitrogens is 2. The number of carboxylic acids is 1. The quantitative estimate of drug-likeness (QED) is 0.0204. The average Bonchev–Trinajstić information content (AvgIpc) is 0.756. The van der Waals surface area contributed by atoms with E-state index in [2.05, 4.69) is 31.2 Å². The minimum absolute atomic E-state index is 0.0496. The number of nitrogens with one attached hydrogen (secondary N) is 4. The van der Waals surface area contributed by atoms with Gasteiger partial charge in [-0.1, -0.05) is 62.4 Å². The van der Waals surface area contributed by atoms with E-state index in [-0.39, 0.29) is 58.1 Å². The van der Waals surface area contributed by atoms with Gasteiger partial charge < -0.3 is 100 Å². The van der Waals surface area contributed by atoms with Gasteiger partial charge in [0.25, 0.3) is 36.3 Å². The van der Waals surface area contributed by atoms with Crippen molar-refractivity contribution in [2.45, 2.75) is 165 Å². The van der Waals surface area contributed by atoms with Crippen LogP contribution in [0.15, 0.2) is 75.4 Å². The summed E-state index contributed by atoms with van der Waals surface area (Å²) in [5, 5.41) is 95.2. The minimum Gasteiger partial charge on any atom is -0.493 e. The third-order valence-corrected chi connectivity index (χ3v) is 19.0. The first-order valence-corrected chi connectivity index (χ1v) is 34.7. The highest BCUT2D eigenvalue weighted by Crippen LogP contribution is 2.39. The lowest BCUT2D eigenvalue weighted by Gasteiger charge is -2.49.